The van der Waals surface area contributed by atoms with Gasteiger partial charge in [-0.15, -0.1) is 0 Å². The zero-order chi connectivity index (χ0) is 10.4. The minimum atomic E-state index is -0.674. The summed E-state index contributed by atoms with van der Waals surface area (Å²) < 4.78 is 16.4. The molecule has 3 atom stereocenters. The molecule has 14 heavy (non-hydrogen) atoms. The van der Waals surface area contributed by atoms with Crippen LogP contribution in [0.2, 0.25) is 0 Å². The highest BCUT2D eigenvalue weighted by Gasteiger charge is 2.20. The average molecular weight is 219 g/mol. The summed E-state index contributed by atoms with van der Waals surface area (Å²) >= 11 is 0. The average Bonchev–Trinajstić information content (AvgIpc) is 2.18. The van der Waals surface area contributed by atoms with Crippen LogP contribution >= 0.6 is 0 Å². The lowest BCUT2D eigenvalue weighted by Gasteiger charge is -2.29. The summed E-state index contributed by atoms with van der Waals surface area (Å²) in [6.07, 6.45) is 5.46. The van der Waals surface area contributed by atoms with Gasteiger partial charge in [0.05, 0.1) is 6.10 Å². The van der Waals surface area contributed by atoms with Crippen molar-refractivity contribution in [3.05, 3.63) is 0 Å². The smallest absolute Gasteiger partial charge is 0.0587 e. The van der Waals surface area contributed by atoms with Crippen molar-refractivity contribution in [1.82, 2.24) is 5.32 Å². The maximum absolute atomic E-state index is 10.9. The molecule has 3 nitrogen and oxygen atoms in total. The van der Waals surface area contributed by atoms with Crippen molar-refractivity contribution >= 4 is 10.8 Å². The molecule has 1 aliphatic rings. The quantitative estimate of drug-likeness (QED) is 0.747. The minimum absolute atomic E-state index is 0.424. The van der Waals surface area contributed by atoms with Crippen LogP contribution in [0.25, 0.3) is 0 Å². The fourth-order valence-electron chi connectivity index (χ4n) is 1.76. The van der Waals surface area contributed by atoms with Crippen LogP contribution in [0, 0.1) is 0 Å². The van der Waals surface area contributed by atoms with Gasteiger partial charge in [0.25, 0.3) is 0 Å². The summed E-state index contributed by atoms with van der Waals surface area (Å²) in [6, 6.07) is 0.567. The number of hydrogen-bond donors (Lipinski definition) is 1. The predicted molar refractivity (Wildman–Crippen MR) is 60.0 cm³/mol. The second-order valence-corrected chi connectivity index (χ2v) is 5.41. The normalized spacial score (nSPS) is 30.1. The molecule has 1 fully saturated rings. The maximum atomic E-state index is 10.9. The Kier molecular flexibility index (Phi) is 5.67. The third kappa shape index (κ3) is 4.53. The van der Waals surface area contributed by atoms with Crippen molar-refractivity contribution < 1.29 is 8.95 Å². The summed E-state index contributed by atoms with van der Waals surface area (Å²) in [5.41, 5.74) is 0. The fraction of sp³-hybridized carbons (Fsp3) is 1.00. The van der Waals surface area contributed by atoms with Crippen LogP contribution < -0.4 is 5.32 Å². The Morgan fingerprint density at radius 2 is 2.36 bits per heavy atom. The molecule has 0 aromatic heterocycles. The predicted octanol–water partition coefficient (Wildman–Crippen LogP) is 0.912. The minimum Gasteiger partial charge on any atom is -0.378 e. The molecule has 0 bridgehead atoms. The van der Waals surface area contributed by atoms with E-state index in [2.05, 4.69) is 12.2 Å². The van der Waals surface area contributed by atoms with Crippen molar-refractivity contribution in [2.75, 3.05) is 25.2 Å². The lowest BCUT2D eigenvalue weighted by atomic mass is 10.0. The molecule has 1 heterocycles. The highest BCUT2D eigenvalue weighted by molar-refractivity contribution is 7.84. The van der Waals surface area contributed by atoms with Crippen LogP contribution in [0.3, 0.4) is 0 Å². The second-order valence-electron chi connectivity index (χ2n) is 3.85. The van der Waals surface area contributed by atoms with Gasteiger partial charge in [0.15, 0.2) is 0 Å². The highest BCUT2D eigenvalue weighted by Crippen LogP contribution is 2.15. The Hall–Kier alpha value is 0.0700. The summed E-state index contributed by atoms with van der Waals surface area (Å²) in [5.74, 6) is 0.758. The van der Waals surface area contributed by atoms with Crippen molar-refractivity contribution in [3.63, 3.8) is 0 Å². The maximum Gasteiger partial charge on any atom is 0.0587 e. The molecule has 0 radical (unpaired) electrons. The second kappa shape index (κ2) is 6.53. The Morgan fingerprint density at radius 3 is 3.00 bits per heavy atom. The molecular formula is C10H21NO2S. The molecule has 0 spiro atoms. The van der Waals surface area contributed by atoms with Gasteiger partial charge in [0, 0.05) is 42.0 Å². The third-order valence-electron chi connectivity index (χ3n) is 2.65. The van der Waals surface area contributed by atoms with Crippen LogP contribution in [0.15, 0.2) is 0 Å². The Balaban J connectivity index is 2.14. The summed E-state index contributed by atoms with van der Waals surface area (Å²) in [6.45, 7) is 3.89. The molecule has 0 aromatic rings. The Labute approximate surface area is 89.1 Å². The monoisotopic (exact) mass is 219 g/mol. The summed E-state index contributed by atoms with van der Waals surface area (Å²) in [4.78, 5) is 0. The molecule has 0 aliphatic carbocycles. The molecule has 4 heteroatoms. The van der Waals surface area contributed by atoms with Crippen molar-refractivity contribution in [3.8, 4) is 0 Å². The largest absolute Gasteiger partial charge is 0.378 e. The van der Waals surface area contributed by atoms with E-state index >= 15 is 0 Å². The summed E-state index contributed by atoms with van der Waals surface area (Å²) in [7, 11) is -0.674. The van der Waals surface area contributed by atoms with Crippen molar-refractivity contribution in [1.29, 1.82) is 0 Å². The number of nitrogens with one attached hydrogen (secondary N) is 1. The van der Waals surface area contributed by atoms with Crippen molar-refractivity contribution in [2.24, 2.45) is 0 Å². The first-order chi connectivity index (χ1) is 6.72. The topological polar surface area (TPSA) is 38.3 Å². The third-order valence-corrected chi connectivity index (χ3v) is 3.42. The molecular weight excluding hydrogens is 198 g/mol. The van der Waals surface area contributed by atoms with Gasteiger partial charge < -0.3 is 10.1 Å². The molecule has 0 saturated carbocycles. The lowest BCUT2D eigenvalue weighted by molar-refractivity contribution is 0.000345. The van der Waals surface area contributed by atoms with Gasteiger partial charge >= 0.3 is 0 Å². The number of ether oxygens (including phenoxy) is 1. The van der Waals surface area contributed by atoms with Crippen LogP contribution in [-0.2, 0) is 15.5 Å². The van der Waals surface area contributed by atoms with Crippen molar-refractivity contribution in [2.45, 2.75) is 38.3 Å². The van der Waals surface area contributed by atoms with Gasteiger partial charge in [0.1, 0.15) is 0 Å². The van der Waals surface area contributed by atoms with Gasteiger partial charge in [-0.05, 0) is 19.3 Å². The van der Waals surface area contributed by atoms with Gasteiger partial charge in [-0.2, -0.15) is 0 Å². The standard InChI is InChI=1S/C10H21NO2S/c1-3-10-8-9(4-6-13-10)11-5-7-14(2)12/h9-11H,3-8H2,1-2H3. The van der Waals surface area contributed by atoms with E-state index in [-0.39, 0.29) is 0 Å². The highest BCUT2D eigenvalue weighted by atomic mass is 32.2. The van der Waals surface area contributed by atoms with E-state index in [4.69, 9.17) is 4.74 Å². The van der Waals surface area contributed by atoms with Crippen LogP contribution in [0.5, 0.6) is 0 Å². The molecule has 1 rings (SSSR count). The zero-order valence-electron chi connectivity index (χ0n) is 9.12. The van der Waals surface area contributed by atoms with E-state index in [1.54, 1.807) is 6.26 Å². The number of rotatable bonds is 5. The molecule has 1 N–H and O–H groups in total. The Bertz CT molecular complexity index is 187. The number of hydrogen-bond acceptors (Lipinski definition) is 3. The zero-order valence-corrected chi connectivity index (χ0v) is 9.94. The van der Waals surface area contributed by atoms with Crippen LogP contribution in [-0.4, -0.2) is 41.5 Å². The molecule has 0 amide bonds. The van der Waals surface area contributed by atoms with E-state index in [0.29, 0.717) is 12.1 Å². The molecule has 1 saturated heterocycles. The van der Waals surface area contributed by atoms with E-state index in [1.165, 1.54) is 0 Å². The van der Waals surface area contributed by atoms with Gasteiger partial charge in [-0.1, -0.05) is 6.92 Å². The summed E-state index contributed by atoms with van der Waals surface area (Å²) in [5, 5.41) is 3.44. The van der Waals surface area contributed by atoms with E-state index in [0.717, 1.165) is 38.2 Å². The van der Waals surface area contributed by atoms with Crippen LogP contribution in [0.1, 0.15) is 26.2 Å². The first-order valence-corrected chi connectivity index (χ1v) is 7.10. The lowest BCUT2D eigenvalue weighted by Crippen LogP contribution is -2.40. The molecule has 1 aliphatic heterocycles. The SMILES string of the molecule is CCC1CC(NCCS(C)=O)CCO1. The fourth-order valence-corrected chi connectivity index (χ4v) is 2.16. The Morgan fingerprint density at radius 1 is 1.57 bits per heavy atom. The van der Waals surface area contributed by atoms with E-state index in [1.807, 2.05) is 0 Å². The van der Waals surface area contributed by atoms with Gasteiger partial charge in [-0.3, -0.25) is 4.21 Å². The molecule has 0 aromatic carbocycles. The van der Waals surface area contributed by atoms with Gasteiger partial charge in [0.2, 0.25) is 0 Å². The first kappa shape index (κ1) is 12.1. The van der Waals surface area contributed by atoms with Crippen LogP contribution in [0.4, 0.5) is 0 Å². The molecule has 84 valence electrons. The van der Waals surface area contributed by atoms with E-state index < -0.39 is 10.8 Å². The van der Waals surface area contributed by atoms with Gasteiger partial charge in [-0.25, -0.2) is 0 Å². The first-order valence-electron chi connectivity index (χ1n) is 5.37. The van der Waals surface area contributed by atoms with E-state index in [9.17, 15) is 4.21 Å². The molecule has 3 unspecified atom stereocenters.